The van der Waals surface area contributed by atoms with Crippen molar-refractivity contribution in [1.29, 1.82) is 0 Å². The van der Waals surface area contributed by atoms with Crippen LogP contribution in [-0.2, 0) is 9.59 Å². The minimum atomic E-state index is -1.68. The van der Waals surface area contributed by atoms with E-state index >= 15 is 0 Å². The van der Waals surface area contributed by atoms with Crippen molar-refractivity contribution < 1.29 is 19.8 Å². The van der Waals surface area contributed by atoms with E-state index in [9.17, 15) is 19.8 Å². The molecular weight excluding hydrogens is 302 g/mol. The van der Waals surface area contributed by atoms with Crippen molar-refractivity contribution in [3.63, 3.8) is 0 Å². The number of hydrogen-bond acceptors (Lipinski definition) is 2. The zero-order valence-corrected chi connectivity index (χ0v) is 13.4. The van der Waals surface area contributed by atoms with E-state index in [-0.39, 0.29) is 76.7 Å². The molecule has 6 heteroatoms. The summed E-state index contributed by atoms with van der Waals surface area (Å²) in [5, 5.41) is 18.8. The van der Waals surface area contributed by atoms with Gasteiger partial charge < -0.3 is 10.2 Å². The van der Waals surface area contributed by atoms with E-state index in [0.29, 0.717) is 6.42 Å². The third-order valence-electron chi connectivity index (χ3n) is 4.17. The second-order valence-electron chi connectivity index (χ2n) is 6.64. The molecule has 4 nitrogen and oxygen atoms in total. The molecule has 0 radical (unpaired) electrons. The fourth-order valence-electron chi connectivity index (χ4n) is 2.67. The van der Waals surface area contributed by atoms with Gasteiger partial charge in [0.05, 0.1) is 0 Å². The number of rotatable bonds is 10. The Morgan fingerprint density at radius 3 is 1.50 bits per heavy atom. The normalized spacial score (nSPS) is 11.3. The zero-order valence-electron chi connectivity index (χ0n) is 13.4. The summed E-state index contributed by atoms with van der Waals surface area (Å²) in [5.74, 6) is -2.44. The summed E-state index contributed by atoms with van der Waals surface area (Å²) in [6, 6.07) is 0. The van der Waals surface area contributed by atoms with Crippen molar-refractivity contribution >= 4 is 82.2 Å². The van der Waals surface area contributed by atoms with Crippen LogP contribution in [0.2, 0.25) is 0 Å². The minimum absolute atomic E-state index is 0. The van der Waals surface area contributed by atoms with Crippen LogP contribution in [0.15, 0.2) is 0 Å². The van der Waals surface area contributed by atoms with Crippen LogP contribution in [0.1, 0.15) is 79.1 Å². The van der Waals surface area contributed by atoms with Gasteiger partial charge in [0.1, 0.15) is 0 Å². The number of hydrogen-bond donors (Lipinski definition) is 2. The Hall–Kier alpha value is 1.17. The van der Waals surface area contributed by atoms with Gasteiger partial charge in [-0.15, -0.1) is 0 Å². The molecule has 0 bridgehead atoms. The molecule has 0 saturated heterocycles. The predicted octanol–water partition coefficient (Wildman–Crippen LogP) is 3.03. The van der Waals surface area contributed by atoms with E-state index in [2.05, 4.69) is 6.92 Å². The molecule has 22 heavy (non-hydrogen) atoms. The third-order valence-corrected chi connectivity index (χ3v) is 4.17. The molecule has 0 aromatic rings. The maximum absolute atomic E-state index is 11.5. The second-order valence-corrected chi connectivity index (χ2v) is 6.64. The average molecular weight is 334 g/mol. The van der Waals surface area contributed by atoms with Crippen molar-refractivity contribution in [3.05, 3.63) is 0 Å². The number of carboxylic acid groups (broad SMARTS) is 2. The molecule has 0 spiro atoms. The van der Waals surface area contributed by atoms with Gasteiger partial charge >= 0.3 is 82.2 Å². The van der Waals surface area contributed by atoms with Gasteiger partial charge in [-0.25, -0.2) is 0 Å². The van der Waals surface area contributed by atoms with Crippen LogP contribution in [-0.4, -0.2) is 92.4 Å². The van der Waals surface area contributed by atoms with Crippen molar-refractivity contribution in [1.82, 2.24) is 0 Å². The Kier molecular flexibility index (Phi) is 17.1. The Morgan fingerprint density at radius 2 is 1.18 bits per heavy atom. The van der Waals surface area contributed by atoms with E-state index in [1.807, 2.05) is 0 Å². The summed E-state index contributed by atoms with van der Waals surface area (Å²) in [6.45, 7) is 7.24. The van der Waals surface area contributed by atoms with E-state index in [1.54, 1.807) is 20.8 Å². The predicted molar refractivity (Wildman–Crippen MR) is 94.1 cm³/mol. The van der Waals surface area contributed by atoms with Crippen LogP contribution in [0.4, 0.5) is 0 Å². The van der Waals surface area contributed by atoms with Crippen LogP contribution in [0, 0.1) is 10.8 Å². The Balaban J connectivity index is -0.00000180. The summed E-state index contributed by atoms with van der Waals surface area (Å²) >= 11 is 0. The van der Waals surface area contributed by atoms with Gasteiger partial charge in [0.2, 0.25) is 0 Å². The van der Waals surface area contributed by atoms with E-state index in [1.165, 1.54) is 19.3 Å². The van der Waals surface area contributed by atoms with Crippen LogP contribution in [0.3, 0.4) is 0 Å². The van der Waals surface area contributed by atoms with Crippen molar-refractivity contribution in [2.45, 2.75) is 79.1 Å². The summed E-state index contributed by atoms with van der Waals surface area (Å²) < 4.78 is 0. The zero-order chi connectivity index (χ0) is 15.8. The van der Waals surface area contributed by atoms with Gasteiger partial charge in [0.25, 0.3) is 0 Å². The summed E-state index contributed by atoms with van der Waals surface area (Å²) in [5.41, 5.74) is -2.48. The van der Waals surface area contributed by atoms with Crippen LogP contribution in [0.25, 0.3) is 0 Å². The van der Waals surface area contributed by atoms with Crippen LogP contribution < -0.4 is 0 Å². The molecular formula is C16H32KLiO4. The number of carbonyl (C=O) groups is 2. The molecule has 0 rings (SSSR count). The van der Waals surface area contributed by atoms with Crippen LogP contribution >= 0.6 is 0 Å². The molecule has 0 aromatic heterocycles. The monoisotopic (exact) mass is 334 g/mol. The fourth-order valence-corrected chi connectivity index (χ4v) is 2.67. The molecule has 0 fully saturated rings. The van der Waals surface area contributed by atoms with Gasteiger partial charge in [-0.05, 0) is 11.8 Å². The standard InChI is InChI=1S/C16H30O4.K.Li.2H/c1-5-6-7-8-9-10-11-12-16(13(17)18,14(19)20)15(2,3)4;;;;/h5-12H2,1-4H3,(H,17,18)(H,19,20);;;;. The topological polar surface area (TPSA) is 74.6 Å². The first-order valence-electron chi connectivity index (χ1n) is 7.67. The molecule has 0 saturated carbocycles. The van der Waals surface area contributed by atoms with Crippen LogP contribution in [0.5, 0.6) is 0 Å². The van der Waals surface area contributed by atoms with E-state index in [0.717, 1.165) is 19.3 Å². The molecule has 0 aromatic carbocycles. The third kappa shape index (κ3) is 8.32. The molecule has 0 atom stereocenters. The SMILES string of the molecule is CCCCCCCCCC(C(=O)O)(C(=O)O)C(C)(C)C.[KH].[LiH]. The Labute approximate surface area is 189 Å². The summed E-state index contributed by atoms with van der Waals surface area (Å²) in [6.07, 6.45) is 7.61. The Bertz CT molecular complexity index is 313. The maximum atomic E-state index is 11.5. The summed E-state index contributed by atoms with van der Waals surface area (Å²) in [7, 11) is 0. The average Bonchev–Trinajstić information content (AvgIpc) is 2.30. The quantitative estimate of drug-likeness (QED) is 0.366. The van der Waals surface area contributed by atoms with Gasteiger partial charge in [-0.2, -0.15) is 0 Å². The van der Waals surface area contributed by atoms with Gasteiger partial charge in [-0.3, -0.25) is 9.59 Å². The van der Waals surface area contributed by atoms with Gasteiger partial charge in [-0.1, -0.05) is 72.6 Å². The molecule has 122 valence electrons. The fraction of sp³-hybridized carbons (Fsp3) is 0.875. The molecule has 0 aliphatic carbocycles. The molecule has 0 heterocycles. The molecule has 0 amide bonds. The van der Waals surface area contributed by atoms with E-state index in [4.69, 9.17) is 0 Å². The number of carboxylic acids is 2. The summed E-state index contributed by atoms with van der Waals surface area (Å²) in [4.78, 5) is 23.1. The first-order chi connectivity index (χ1) is 9.20. The van der Waals surface area contributed by atoms with Crippen molar-refractivity contribution in [3.8, 4) is 0 Å². The van der Waals surface area contributed by atoms with Gasteiger partial charge in [0.15, 0.2) is 5.41 Å². The molecule has 0 unspecified atom stereocenters. The van der Waals surface area contributed by atoms with E-state index < -0.39 is 22.8 Å². The second kappa shape index (κ2) is 13.5. The van der Waals surface area contributed by atoms with Crippen molar-refractivity contribution in [2.75, 3.05) is 0 Å². The molecule has 2 N–H and O–H groups in total. The van der Waals surface area contributed by atoms with Gasteiger partial charge in [0, 0.05) is 0 Å². The molecule has 0 aliphatic heterocycles. The Morgan fingerprint density at radius 1 is 0.818 bits per heavy atom. The van der Waals surface area contributed by atoms with Crippen molar-refractivity contribution in [2.24, 2.45) is 10.8 Å². The first kappa shape index (κ1) is 28.0. The number of aliphatic carboxylic acids is 2. The molecule has 0 aliphatic rings. The first-order valence-corrected chi connectivity index (χ1v) is 7.67. The number of unbranched alkanes of at least 4 members (excludes halogenated alkanes) is 6.